The predicted molar refractivity (Wildman–Crippen MR) is 77.9 cm³/mol. The standard InChI is InChI=1S/C15H24FN3/c1-3-7-18-8-10-19(11-9-18)15-13(12(2)17)5-4-6-14(15)16/h4-6,12H,3,7-11,17H2,1-2H3. The first kappa shape index (κ1) is 14.3. The largest absolute Gasteiger partial charge is 0.366 e. The summed E-state index contributed by atoms with van der Waals surface area (Å²) in [5.74, 6) is -0.154. The number of piperazine rings is 1. The summed E-state index contributed by atoms with van der Waals surface area (Å²) in [5, 5.41) is 0. The van der Waals surface area contributed by atoms with E-state index in [9.17, 15) is 4.39 Å². The number of rotatable bonds is 4. The molecule has 1 heterocycles. The molecule has 1 saturated heterocycles. The Kier molecular flexibility index (Phi) is 4.77. The molecule has 4 heteroatoms. The highest BCUT2D eigenvalue weighted by Gasteiger charge is 2.22. The molecule has 0 aromatic heterocycles. The Morgan fingerprint density at radius 1 is 1.26 bits per heavy atom. The lowest BCUT2D eigenvalue weighted by molar-refractivity contribution is 0.257. The fourth-order valence-electron chi connectivity index (χ4n) is 2.74. The van der Waals surface area contributed by atoms with Crippen LogP contribution in [0.15, 0.2) is 18.2 Å². The predicted octanol–water partition coefficient (Wildman–Crippen LogP) is 2.38. The fourth-order valence-corrected chi connectivity index (χ4v) is 2.74. The molecule has 1 unspecified atom stereocenters. The summed E-state index contributed by atoms with van der Waals surface area (Å²) in [6, 6.07) is 5.06. The molecule has 19 heavy (non-hydrogen) atoms. The van der Waals surface area contributed by atoms with Crippen LogP contribution in [0.1, 0.15) is 31.9 Å². The maximum absolute atomic E-state index is 14.1. The van der Waals surface area contributed by atoms with E-state index >= 15 is 0 Å². The molecule has 0 bridgehead atoms. The van der Waals surface area contributed by atoms with Crippen molar-refractivity contribution in [3.8, 4) is 0 Å². The Morgan fingerprint density at radius 3 is 2.53 bits per heavy atom. The molecule has 1 aromatic carbocycles. The van der Waals surface area contributed by atoms with Gasteiger partial charge in [0, 0.05) is 32.2 Å². The number of hydrogen-bond acceptors (Lipinski definition) is 3. The molecule has 0 amide bonds. The summed E-state index contributed by atoms with van der Waals surface area (Å²) >= 11 is 0. The summed E-state index contributed by atoms with van der Waals surface area (Å²) in [6.07, 6.45) is 1.17. The molecule has 0 aliphatic carbocycles. The van der Waals surface area contributed by atoms with Crippen LogP contribution in [-0.2, 0) is 0 Å². The minimum Gasteiger partial charge on any atom is -0.366 e. The minimum atomic E-state index is -0.154. The van der Waals surface area contributed by atoms with Gasteiger partial charge in [-0.15, -0.1) is 0 Å². The molecule has 3 nitrogen and oxygen atoms in total. The van der Waals surface area contributed by atoms with Crippen molar-refractivity contribution in [2.75, 3.05) is 37.6 Å². The number of nitrogens with two attached hydrogens (primary N) is 1. The van der Waals surface area contributed by atoms with Gasteiger partial charge in [-0.05, 0) is 31.5 Å². The van der Waals surface area contributed by atoms with Crippen LogP contribution in [-0.4, -0.2) is 37.6 Å². The van der Waals surface area contributed by atoms with Crippen LogP contribution in [0.3, 0.4) is 0 Å². The smallest absolute Gasteiger partial charge is 0.146 e. The molecule has 1 atom stereocenters. The van der Waals surface area contributed by atoms with Crippen molar-refractivity contribution in [3.63, 3.8) is 0 Å². The van der Waals surface area contributed by atoms with Crippen molar-refractivity contribution in [2.24, 2.45) is 5.73 Å². The number of benzene rings is 1. The third-order valence-corrected chi connectivity index (χ3v) is 3.74. The number of nitrogens with zero attached hydrogens (tertiary/aromatic N) is 2. The Balaban J connectivity index is 2.15. The highest BCUT2D eigenvalue weighted by molar-refractivity contribution is 5.56. The van der Waals surface area contributed by atoms with Crippen molar-refractivity contribution in [1.29, 1.82) is 0 Å². The average molecular weight is 265 g/mol. The molecule has 0 spiro atoms. The first-order valence-electron chi connectivity index (χ1n) is 7.14. The van der Waals surface area contributed by atoms with Gasteiger partial charge in [0.1, 0.15) is 5.82 Å². The van der Waals surface area contributed by atoms with Gasteiger partial charge in [-0.1, -0.05) is 19.1 Å². The molecule has 0 radical (unpaired) electrons. The Hall–Kier alpha value is -1.13. The zero-order valence-corrected chi connectivity index (χ0v) is 11.9. The number of hydrogen-bond donors (Lipinski definition) is 1. The Morgan fingerprint density at radius 2 is 1.95 bits per heavy atom. The molecule has 1 aromatic rings. The van der Waals surface area contributed by atoms with Crippen molar-refractivity contribution in [2.45, 2.75) is 26.3 Å². The summed E-state index contributed by atoms with van der Waals surface area (Å²) in [6.45, 7) is 8.98. The van der Waals surface area contributed by atoms with Crippen LogP contribution in [0.4, 0.5) is 10.1 Å². The van der Waals surface area contributed by atoms with Gasteiger partial charge < -0.3 is 10.6 Å². The lowest BCUT2D eigenvalue weighted by Gasteiger charge is -2.37. The first-order chi connectivity index (χ1) is 9.13. The van der Waals surface area contributed by atoms with E-state index in [0.717, 1.165) is 38.3 Å². The average Bonchev–Trinajstić information content (AvgIpc) is 2.40. The summed E-state index contributed by atoms with van der Waals surface area (Å²) < 4.78 is 14.1. The highest BCUT2D eigenvalue weighted by Crippen LogP contribution is 2.29. The van der Waals surface area contributed by atoms with Gasteiger partial charge in [-0.25, -0.2) is 4.39 Å². The molecule has 1 aliphatic rings. The van der Waals surface area contributed by atoms with E-state index < -0.39 is 0 Å². The van der Waals surface area contributed by atoms with Crippen LogP contribution in [0.25, 0.3) is 0 Å². The summed E-state index contributed by atoms with van der Waals surface area (Å²) in [5.41, 5.74) is 7.57. The topological polar surface area (TPSA) is 32.5 Å². The van der Waals surface area contributed by atoms with Crippen LogP contribution in [0.2, 0.25) is 0 Å². The van der Waals surface area contributed by atoms with Gasteiger partial charge in [0.25, 0.3) is 0 Å². The van der Waals surface area contributed by atoms with Crippen molar-refractivity contribution >= 4 is 5.69 Å². The molecular formula is C15H24FN3. The van der Waals surface area contributed by atoms with Crippen LogP contribution < -0.4 is 10.6 Å². The van der Waals surface area contributed by atoms with E-state index in [-0.39, 0.29) is 11.9 Å². The van der Waals surface area contributed by atoms with Gasteiger partial charge in [0.05, 0.1) is 5.69 Å². The molecule has 106 valence electrons. The quantitative estimate of drug-likeness (QED) is 0.907. The lowest BCUT2D eigenvalue weighted by atomic mass is 10.0. The highest BCUT2D eigenvalue weighted by atomic mass is 19.1. The van der Waals surface area contributed by atoms with E-state index in [2.05, 4.69) is 16.7 Å². The Bertz CT molecular complexity index is 412. The van der Waals surface area contributed by atoms with Gasteiger partial charge in [-0.3, -0.25) is 4.90 Å². The lowest BCUT2D eigenvalue weighted by Crippen LogP contribution is -2.47. The molecule has 2 rings (SSSR count). The van der Waals surface area contributed by atoms with Gasteiger partial charge in [0.2, 0.25) is 0 Å². The molecular weight excluding hydrogens is 241 g/mol. The number of anilines is 1. The zero-order chi connectivity index (χ0) is 13.8. The van der Waals surface area contributed by atoms with Crippen molar-refractivity contribution in [3.05, 3.63) is 29.6 Å². The molecule has 1 fully saturated rings. The van der Waals surface area contributed by atoms with Crippen molar-refractivity contribution < 1.29 is 4.39 Å². The minimum absolute atomic E-state index is 0.139. The number of para-hydroxylation sites is 1. The second-order valence-electron chi connectivity index (χ2n) is 5.30. The van der Waals surface area contributed by atoms with E-state index in [0.29, 0.717) is 5.69 Å². The van der Waals surface area contributed by atoms with Crippen LogP contribution >= 0.6 is 0 Å². The molecule has 1 aliphatic heterocycles. The summed E-state index contributed by atoms with van der Waals surface area (Å²) in [4.78, 5) is 4.57. The number of halogens is 1. The van der Waals surface area contributed by atoms with Gasteiger partial charge >= 0.3 is 0 Å². The van der Waals surface area contributed by atoms with Crippen molar-refractivity contribution in [1.82, 2.24) is 4.90 Å². The second kappa shape index (κ2) is 6.35. The normalized spacial score (nSPS) is 18.6. The van der Waals surface area contributed by atoms with E-state index in [1.807, 2.05) is 13.0 Å². The fraction of sp³-hybridized carbons (Fsp3) is 0.600. The van der Waals surface area contributed by atoms with Gasteiger partial charge in [-0.2, -0.15) is 0 Å². The maximum Gasteiger partial charge on any atom is 0.146 e. The second-order valence-corrected chi connectivity index (χ2v) is 5.30. The SMILES string of the molecule is CCCN1CCN(c2c(F)cccc2C(C)N)CC1. The van der Waals surface area contributed by atoms with E-state index in [4.69, 9.17) is 5.73 Å². The molecule has 2 N–H and O–H groups in total. The zero-order valence-electron chi connectivity index (χ0n) is 11.9. The molecule has 0 saturated carbocycles. The maximum atomic E-state index is 14.1. The van der Waals surface area contributed by atoms with Crippen LogP contribution in [0, 0.1) is 5.82 Å². The summed E-state index contributed by atoms with van der Waals surface area (Å²) in [7, 11) is 0. The Labute approximate surface area is 115 Å². The third-order valence-electron chi connectivity index (χ3n) is 3.74. The van der Waals surface area contributed by atoms with Crippen LogP contribution in [0.5, 0.6) is 0 Å². The first-order valence-corrected chi connectivity index (χ1v) is 7.14. The van der Waals surface area contributed by atoms with E-state index in [1.165, 1.54) is 12.5 Å². The van der Waals surface area contributed by atoms with Gasteiger partial charge in [0.15, 0.2) is 0 Å². The van der Waals surface area contributed by atoms with E-state index in [1.54, 1.807) is 6.07 Å². The third kappa shape index (κ3) is 3.25. The monoisotopic (exact) mass is 265 g/mol.